The molecule has 0 saturated carbocycles. The summed E-state index contributed by atoms with van der Waals surface area (Å²) < 4.78 is 0. The molecule has 0 aliphatic heterocycles. The van der Waals surface area contributed by atoms with Gasteiger partial charge in [-0.05, 0) is 24.2 Å². The summed E-state index contributed by atoms with van der Waals surface area (Å²) in [6, 6.07) is 0. The summed E-state index contributed by atoms with van der Waals surface area (Å²) in [6.45, 7) is 13.2. The average Bonchev–Trinajstić information content (AvgIpc) is 2.00. The standard InChI is InChI=1S/C11H23/c1-6-10(7-2)9-11(4,5)8-3/h10H,3,6-9H2,1-2,4-5H3. The molecule has 11 heavy (non-hydrogen) atoms. The third-order valence-corrected chi connectivity index (χ3v) is 2.67. The molecule has 0 amide bonds. The molecule has 0 rings (SSSR count). The van der Waals surface area contributed by atoms with Gasteiger partial charge in [-0.15, -0.1) is 0 Å². The summed E-state index contributed by atoms with van der Waals surface area (Å²) in [5.74, 6) is 0.909. The van der Waals surface area contributed by atoms with Gasteiger partial charge >= 0.3 is 0 Å². The first kappa shape index (κ1) is 11.0. The van der Waals surface area contributed by atoms with E-state index in [1.165, 1.54) is 19.3 Å². The van der Waals surface area contributed by atoms with Crippen LogP contribution in [0.5, 0.6) is 0 Å². The van der Waals surface area contributed by atoms with Gasteiger partial charge in [0, 0.05) is 0 Å². The molecule has 1 radical (unpaired) electrons. The normalized spacial score (nSPS) is 12.5. The van der Waals surface area contributed by atoms with E-state index in [2.05, 4.69) is 34.6 Å². The predicted molar refractivity (Wildman–Crippen MR) is 52.4 cm³/mol. The number of hydrogen-bond donors (Lipinski definition) is 0. The Hall–Kier alpha value is 0. The Labute approximate surface area is 72.4 Å². The largest absolute Gasteiger partial charge is 0.0651 e. The topological polar surface area (TPSA) is 0 Å². The minimum absolute atomic E-state index is 0.455. The number of rotatable bonds is 5. The Bertz CT molecular complexity index is 88.2. The molecule has 0 unspecified atom stereocenters. The lowest BCUT2D eigenvalue weighted by atomic mass is 9.79. The summed E-state index contributed by atoms with van der Waals surface area (Å²) in [5.41, 5.74) is 0.455. The molecule has 0 heteroatoms. The van der Waals surface area contributed by atoms with E-state index >= 15 is 0 Å². The molecule has 0 nitrogen and oxygen atoms in total. The van der Waals surface area contributed by atoms with Crippen molar-refractivity contribution in [2.24, 2.45) is 11.3 Å². The van der Waals surface area contributed by atoms with Crippen LogP contribution in [0, 0.1) is 18.3 Å². The fourth-order valence-electron chi connectivity index (χ4n) is 1.46. The third kappa shape index (κ3) is 4.44. The first-order chi connectivity index (χ1) is 5.05. The van der Waals surface area contributed by atoms with E-state index in [1.807, 2.05) is 0 Å². The molecule has 0 bridgehead atoms. The lowest BCUT2D eigenvalue weighted by molar-refractivity contribution is 0.258. The Kier molecular flexibility index (Phi) is 4.79. The second-order valence-electron chi connectivity index (χ2n) is 4.30. The Balaban J connectivity index is 3.79. The molecule has 0 atom stereocenters. The molecule has 0 aromatic carbocycles. The van der Waals surface area contributed by atoms with Crippen LogP contribution >= 0.6 is 0 Å². The van der Waals surface area contributed by atoms with E-state index in [4.69, 9.17) is 0 Å². The minimum Gasteiger partial charge on any atom is -0.0651 e. The van der Waals surface area contributed by atoms with Gasteiger partial charge in [-0.2, -0.15) is 0 Å². The molecule has 0 N–H and O–H groups in total. The monoisotopic (exact) mass is 155 g/mol. The van der Waals surface area contributed by atoms with E-state index in [0.29, 0.717) is 5.41 Å². The van der Waals surface area contributed by atoms with E-state index in [0.717, 1.165) is 12.3 Å². The summed E-state index contributed by atoms with van der Waals surface area (Å²) in [6.07, 6.45) is 5.03. The molecular formula is C11H23. The molecule has 0 aliphatic rings. The van der Waals surface area contributed by atoms with Crippen LogP contribution in [0.4, 0.5) is 0 Å². The van der Waals surface area contributed by atoms with Crippen molar-refractivity contribution in [1.29, 1.82) is 0 Å². The van der Waals surface area contributed by atoms with Gasteiger partial charge in [-0.3, -0.25) is 0 Å². The smallest absolute Gasteiger partial charge is 0.0352 e. The Morgan fingerprint density at radius 2 is 1.64 bits per heavy atom. The van der Waals surface area contributed by atoms with Crippen molar-refractivity contribution in [3.05, 3.63) is 6.92 Å². The molecule has 0 fully saturated rings. The van der Waals surface area contributed by atoms with Crippen molar-refractivity contribution in [3.63, 3.8) is 0 Å². The van der Waals surface area contributed by atoms with Gasteiger partial charge in [0.05, 0.1) is 0 Å². The summed E-state index contributed by atoms with van der Waals surface area (Å²) in [4.78, 5) is 0. The zero-order chi connectivity index (χ0) is 8.91. The van der Waals surface area contributed by atoms with Gasteiger partial charge < -0.3 is 0 Å². The van der Waals surface area contributed by atoms with Crippen molar-refractivity contribution >= 4 is 0 Å². The van der Waals surface area contributed by atoms with Gasteiger partial charge in [-0.25, -0.2) is 0 Å². The lowest BCUT2D eigenvalue weighted by Gasteiger charge is -2.27. The average molecular weight is 155 g/mol. The highest BCUT2D eigenvalue weighted by Crippen LogP contribution is 2.31. The van der Waals surface area contributed by atoms with Crippen molar-refractivity contribution < 1.29 is 0 Å². The van der Waals surface area contributed by atoms with Crippen molar-refractivity contribution in [1.82, 2.24) is 0 Å². The molecule has 0 aromatic heterocycles. The van der Waals surface area contributed by atoms with Crippen molar-refractivity contribution in [3.8, 4) is 0 Å². The molecule has 0 saturated heterocycles. The van der Waals surface area contributed by atoms with Gasteiger partial charge in [0.15, 0.2) is 0 Å². The highest BCUT2D eigenvalue weighted by molar-refractivity contribution is 4.73. The van der Waals surface area contributed by atoms with Crippen LogP contribution in [-0.4, -0.2) is 0 Å². The molecule has 0 spiro atoms. The number of hydrogen-bond acceptors (Lipinski definition) is 0. The molecule has 0 heterocycles. The van der Waals surface area contributed by atoms with Crippen molar-refractivity contribution in [2.45, 2.75) is 53.4 Å². The maximum absolute atomic E-state index is 3.98. The summed E-state index contributed by atoms with van der Waals surface area (Å²) in [7, 11) is 0. The third-order valence-electron chi connectivity index (χ3n) is 2.67. The first-order valence-corrected chi connectivity index (χ1v) is 4.85. The first-order valence-electron chi connectivity index (χ1n) is 4.85. The maximum Gasteiger partial charge on any atom is -0.0352 e. The maximum atomic E-state index is 3.98. The van der Waals surface area contributed by atoms with E-state index in [1.54, 1.807) is 0 Å². The van der Waals surface area contributed by atoms with E-state index < -0.39 is 0 Å². The van der Waals surface area contributed by atoms with Crippen LogP contribution in [0.2, 0.25) is 0 Å². The van der Waals surface area contributed by atoms with Gasteiger partial charge in [0.2, 0.25) is 0 Å². The lowest BCUT2D eigenvalue weighted by Crippen LogP contribution is -2.15. The molecular weight excluding hydrogens is 132 g/mol. The Morgan fingerprint density at radius 3 is 1.91 bits per heavy atom. The zero-order valence-corrected chi connectivity index (χ0v) is 8.61. The van der Waals surface area contributed by atoms with Gasteiger partial charge in [0.1, 0.15) is 0 Å². The highest BCUT2D eigenvalue weighted by Gasteiger charge is 2.18. The molecule has 0 aromatic rings. The van der Waals surface area contributed by atoms with Gasteiger partial charge in [-0.1, -0.05) is 47.5 Å². The Morgan fingerprint density at radius 1 is 1.18 bits per heavy atom. The minimum atomic E-state index is 0.455. The van der Waals surface area contributed by atoms with Gasteiger partial charge in [0.25, 0.3) is 0 Å². The fraction of sp³-hybridized carbons (Fsp3) is 0.909. The van der Waals surface area contributed by atoms with E-state index in [9.17, 15) is 0 Å². The fourth-order valence-corrected chi connectivity index (χ4v) is 1.46. The van der Waals surface area contributed by atoms with E-state index in [-0.39, 0.29) is 0 Å². The zero-order valence-electron chi connectivity index (χ0n) is 8.61. The van der Waals surface area contributed by atoms with Crippen molar-refractivity contribution in [2.75, 3.05) is 0 Å². The molecule has 67 valence electrons. The van der Waals surface area contributed by atoms with Crippen LogP contribution in [-0.2, 0) is 0 Å². The van der Waals surface area contributed by atoms with Crippen LogP contribution in [0.3, 0.4) is 0 Å². The SMILES string of the molecule is [CH2]CC(C)(C)CC(CC)CC. The van der Waals surface area contributed by atoms with Crippen LogP contribution in [0.15, 0.2) is 0 Å². The second-order valence-corrected chi connectivity index (χ2v) is 4.30. The summed E-state index contributed by atoms with van der Waals surface area (Å²) in [5, 5.41) is 0. The quantitative estimate of drug-likeness (QED) is 0.561. The predicted octanol–water partition coefficient (Wildman–Crippen LogP) is 4.06. The van der Waals surface area contributed by atoms with Crippen LogP contribution < -0.4 is 0 Å². The van der Waals surface area contributed by atoms with Crippen LogP contribution in [0.1, 0.15) is 53.4 Å². The van der Waals surface area contributed by atoms with Crippen LogP contribution in [0.25, 0.3) is 0 Å². The second kappa shape index (κ2) is 4.79. The molecule has 0 aliphatic carbocycles. The highest BCUT2D eigenvalue weighted by atomic mass is 14.2. The summed E-state index contributed by atoms with van der Waals surface area (Å²) >= 11 is 0.